The van der Waals surface area contributed by atoms with Crippen LogP contribution in [0.5, 0.6) is 5.75 Å². The lowest BCUT2D eigenvalue weighted by atomic mass is 10.0. The van der Waals surface area contributed by atoms with E-state index in [4.69, 9.17) is 11.6 Å². The molecule has 2 heterocycles. The molecule has 1 fully saturated rings. The molecule has 1 unspecified atom stereocenters. The maximum absolute atomic E-state index is 13.6. The zero-order valence-electron chi connectivity index (χ0n) is 14.0. The Hall–Kier alpha value is -2.06. The van der Waals surface area contributed by atoms with Crippen molar-refractivity contribution >= 4 is 17.4 Å². The van der Waals surface area contributed by atoms with Gasteiger partial charge in [0.05, 0.1) is 5.56 Å². The normalized spacial score (nSPS) is 18.7. The van der Waals surface area contributed by atoms with Gasteiger partial charge in [0.25, 0.3) is 0 Å². The number of hydrogen-bond acceptors (Lipinski definition) is 5. The number of nitrogens with one attached hydrogen (secondary N) is 1. The van der Waals surface area contributed by atoms with Crippen LogP contribution in [0, 0.1) is 0 Å². The van der Waals surface area contributed by atoms with E-state index in [-0.39, 0.29) is 28.2 Å². The van der Waals surface area contributed by atoms with Gasteiger partial charge in [-0.3, -0.25) is 0 Å². The standard InChI is InChI=1S/C17H18ClF3N4O/c1-25-6-2-3-11(9-25)22-15-8-13(17(19,20)21)16(24-23-15)12-5-4-10(18)7-14(12)26/h4-5,7-8,11,26H,2-3,6,9H2,1H3,(H,22,23). The van der Waals surface area contributed by atoms with Gasteiger partial charge in [-0.15, -0.1) is 10.2 Å². The maximum atomic E-state index is 13.6. The Kier molecular flexibility index (Phi) is 5.24. The highest BCUT2D eigenvalue weighted by Gasteiger charge is 2.36. The van der Waals surface area contributed by atoms with Gasteiger partial charge < -0.3 is 15.3 Å². The summed E-state index contributed by atoms with van der Waals surface area (Å²) in [4.78, 5) is 2.11. The Morgan fingerprint density at radius 3 is 2.69 bits per heavy atom. The summed E-state index contributed by atoms with van der Waals surface area (Å²) in [6.07, 6.45) is -2.82. The van der Waals surface area contributed by atoms with E-state index in [1.54, 1.807) is 0 Å². The molecule has 3 rings (SSSR count). The lowest BCUT2D eigenvalue weighted by molar-refractivity contribution is -0.137. The monoisotopic (exact) mass is 386 g/mol. The van der Waals surface area contributed by atoms with Crippen molar-refractivity contribution in [1.82, 2.24) is 15.1 Å². The van der Waals surface area contributed by atoms with Crippen molar-refractivity contribution in [2.45, 2.75) is 25.1 Å². The van der Waals surface area contributed by atoms with E-state index in [0.717, 1.165) is 32.0 Å². The molecule has 0 saturated carbocycles. The third kappa shape index (κ3) is 4.19. The molecular formula is C17H18ClF3N4O. The number of likely N-dealkylation sites (N-methyl/N-ethyl adjacent to an activating group) is 1. The zero-order valence-corrected chi connectivity index (χ0v) is 14.8. The smallest absolute Gasteiger partial charge is 0.418 e. The molecule has 1 aliphatic rings. The van der Waals surface area contributed by atoms with Crippen LogP contribution in [0.15, 0.2) is 24.3 Å². The minimum Gasteiger partial charge on any atom is -0.507 e. The number of alkyl halides is 3. The van der Waals surface area contributed by atoms with Gasteiger partial charge in [-0.1, -0.05) is 11.6 Å². The molecule has 2 N–H and O–H groups in total. The van der Waals surface area contributed by atoms with Crippen LogP contribution in [-0.4, -0.2) is 46.4 Å². The van der Waals surface area contributed by atoms with Crippen LogP contribution < -0.4 is 5.32 Å². The Labute approximate surface area is 153 Å². The van der Waals surface area contributed by atoms with Crippen LogP contribution in [0.4, 0.5) is 19.0 Å². The fourth-order valence-corrected chi connectivity index (χ4v) is 3.24. The summed E-state index contributed by atoms with van der Waals surface area (Å²) in [5.74, 6) is -0.318. The number of halogens is 4. The molecule has 1 atom stereocenters. The van der Waals surface area contributed by atoms with Crippen molar-refractivity contribution in [3.05, 3.63) is 34.9 Å². The first kappa shape index (κ1) is 18.7. The molecule has 0 amide bonds. The fourth-order valence-electron chi connectivity index (χ4n) is 3.08. The van der Waals surface area contributed by atoms with E-state index >= 15 is 0 Å². The highest BCUT2D eigenvalue weighted by molar-refractivity contribution is 6.30. The number of phenolic OH excluding ortho intramolecular Hbond substituents is 1. The second-order valence-corrected chi connectivity index (χ2v) is 6.83. The number of piperidine rings is 1. The average Bonchev–Trinajstić information content (AvgIpc) is 2.54. The van der Waals surface area contributed by atoms with Crippen molar-refractivity contribution in [3.8, 4) is 17.0 Å². The Balaban J connectivity index is 1.96. The summed E-state index contributed by atoms with van der Waals surface area (Å²) in [5.41, 5.74) is -1.46. The lowest BCUT2D eigenvalue weighted by Gasteiger charge is -2.30. The minimum absolute atomic E-state index is 0.0129. The molecule has 1 aromatic heterocycles. The third-order valence-corrected chi connectivity index (χ3v) is 4.53. The van der Waals surface area contributed by atoms with E-state index in [1.807, 2.05) is 7.05 Å². The molecule has 1 saturated heterocycles. The first-order valence-electron chi connectivity index (χ1n) is 8.13. The van der Waals surface area contributed by atoms with Crippen LogP contribution in [0.2, 0.25) is 5.02 Å². The predicted molar refractivity (Wildman–Crippen MR) is 93.3 cm³/mol. The van der Waals surface area contributed by atoms with Crippen molar-refractivity contribution in [3.63, 3.8) is 0 Å². The van der Waals surface area contributed by atoms with Gasteiger partial charge in [-0.25, -0.2) is 0 Å². The molecule has 0 spiro atoms. The summed E-state index contributed by atoms with van der Waals surface area (Å²) >= 11 is 5.75. The van der Waals surface area contributed by atoms with Crippen LogP contribution in [0.3, 0.4) is 0 Å². The van der Waals surface area contributed by atoms with Crippen molar-refractivity contribution < 1.29 is 18.3 Å². The van der Waals surface area contributed by atoms with Crippen molar-refractivity contribution in [2.24, 2.45) is 0 Å². The number of aromatic hydroxyl groups is 1. The highest BCUT2D eigenvalue weighted by Crippen LogP contribution is 2.40. The molecule has 2 aromatic rings. The van der Waals surface area contributed by atoms with Gasteiger partial charge in [0.2, 0.25) is 0 Å². The zero-order chi connectivity index (χ0) is 18.9. The number of hydrogen-bond donors (Lipinski definition) is 2. The molecule has 140 valence electrons. The van der Waals surface area contributed by atoms with Gasteiger partial charge >= 0.3 is 6.18 Å². The van der Waals surface area contributed by atoms with Gasteiger partial charge in [0.15, 0.2) is 0 Å². The molecule has 1 aromatic carbocycles. The van der Waals surface area contributed by atoms with E-state index in [1.165, 1.54) is 18.2 Å². The molecule has 9 heteroatoms. The summed E-state index contributed by atoms with van der Waals surface area (Å²) < 4.78 is 40.7. The molecule has 0 radical (unpaired) electrons. The number of benzene rings is 1. The van der Waals surface area contributed by atoms with E-state index < -0.39 is 17.4 Å². The number of aromatic nitrogens is 2. The second-order valence-electron chi connectivity index (χ2n) is 6.40. The molecule has 0 bridgehead atoms. The summed E-state index contributed by atoms with van der Waals surface area (Å²) in [5, 5.41) is 20.8. The largest absolute Gasteiger partial charge is 0.507 e. The number of phenols is 1. The third-order valence-electron chi connectivity index (χ3n) is 4.29. The topological polar surface area (TPSA) is 61.3 Å². The molecule has 1 aliphatic heterocycles. The quantitative estimate of drug-likeness (QED) is 0.834. The van der Waals surface area contributed by atoms with Gasteiger partial charge in [0, 0.05) is 23.2 Å². The summed E-state index contributed by atoms with van der Waals surface area (Å²) in [6, 6.07) is 4.80. The SMILES string of the molecule is CN1CCCC(Nc2cc(C(F)(F)F)c(-c3ccc(Cl)cc3O)nn2)C1. The lowest BCUT2D eigenvalue weighted by Crippen LogP contribution is -2.40. The predicted octanol–water partition coefficient (Wildman–Crippen LogP) is 4.03. The van der Waals surface area contributed by atoms with E-state index in [2.05, 4.69) is 20.4 Å². The summed E-state index contributed by atoms with van der Waals surface area (Å²) in [7, 11) is 1.97. The molecule has 0 aliphatic carbocycles. The van der Waals surface area contributed by atoms with E-state index in [0.29, 0.717) is 0 Å². The van der Waals surface area contributed by atoms with Crippen molar-refractivity contribution in [1.29, 1.82) is 0 Å². The van der Waals surface area contributed by atoms with Crippen LogP contribution in [0.25, 0.3) is 11.3 Å². The number of likely N-dealkylation sites (tertiary alicyclic amines) is 1. The Morgan fingerprint density at radius 2 is 2.04 bits per heavy atom. The first-order valence-corrected chi connectivity index (χ1v) is 8.50. The van der Waals surface area contributed by atoms with Gasteiger partial charge in [-0.05, 0) is 50.7 Å². The fraction of sp³-hybridized carbons (Fsp3) is 0.412. The molecule has 26 heavy (non-hydrogen) atoms. The molecular weight excluding hydrogens is 369 g/mol. The van der Waals surface area contributed by atoms with Gasteiger partial charge in [-0.2, -0.15) is 13.2 Å². The Morgan fingerprint density at radius 1 is 1.27 bits per heavy atom. The van der Waals surface area contributed by atoms with Crippen LogP contribution in [-0.2, 0) is 6.18 Å². The number of rotatable bonds is 3. The first-order chi connectivity index (χ1) is 12.2. The number of anilines is 1. The summed E-state index contributed by atoms with van der Waals surface area (Å²) in [6.45, 7) is 1.69. The minimum atomic E-state index is -4.64. The van der Waals surface area contributed by atoms with E-state index in [9.17, 15) is 18.3 Å². The van der Waals surface area contributed by atoms with Gasteiger partial charge in [0.1, 0.15) is 17.3 Å². The highest BCUT2D eigenvalue weighted by atomic mass is 35.5. The van der Waals surface area contributed by atoms with Crippen molar-refractivity contribution in [2.75, 3.05) is 25.5 Å². The maximum Gasteiger partial charge on any atom is 0.418 e. The number of nitrogens with zero attached hydrogens (tertiary/aromatic N) is 3. The molecule has 5 nitrogen and oxygen atoms in total. The van der Waals surface area contributed by atoms with Crippen LogP contribution >= 0.6 is 11.6 Å². The average molecular weight is 387 g/mol. The second kappa shape index (κ2) is 7.28. The van der Waals surface area contributed by atoms with Crippen LogP contribution in [0.1, 0.15) is 18.4 Å². The Bertz CT molecular complexity index is 800.